The molecule has 1 aromatic heterocycles. The van der Waals surface area contributed by atoms with E-state index in [0.29, 0.717) is 25.2 Å². The number of aromatic nitrogens is 1. The maximum Gasteiger partial charge on any atom is 0.254 e. The summed E-state index contributed by atoms with van der Waals surface area (Å²) >= 11 is 0. The van der Waals surface area contributed by atoms with Gasteiger partial charge in [0.2, 0.25) is 0 Å². The Bertz CT molecular complexity index is 1000. The smallest absolute Gasteiger partial charge is 0.254 e. The molecule has 0 radical (unpaired) electrons. The number of rotatable bonds is 4. The van der Waals surface area contributed by atoms with Gasteiger partial charge in [0.05, 0.1) is 18.2 Å². The minimum atomic E-state index is 0.0284. The summed E-state index contributed by atoms with van der Waals surface area (Å²) in [5.41, 5.74) is 9.60. The zero-order valence-electron chi connectivity index (χ0n) is 16.3. The van der Waals surface area contributed by atoms with Crippen LogP contribution in [0.25, 0.3) is 10.9 Å². The van der Waals surface area contributed by atoms with Crippen molar-refractivity contribution in [3.05, 3.63) is 71.4 Å². The predicted molar refractivity (Wildman–Crippen MR) is 111 cm³/mol. The molecule has 2 N–H and O–H groups in total. The molecular formula is C23H25N3O2. The van der Waals surface area contributed by atoms with E-state index in [1.807, 2.05) is 54.3 Å². The maximum atomic E-state index is 13.5. The molecule has 0 bridgehead atoms. The van der Waals surface area contributed by atoms with E-state index in [-0.39, 0.29) is 17.7 Å². The lowest BCUT2D eigenvalue weighted by Gasteiger charge is -2.18. The lowest BCUT2D eigenvalue weighted by molar-refractivity contribution is 0.0788. The number of carbonyl (C=O) groups is 1. The molecule has 0 spiro atoms. The van der Waals surface area contributed by atoms with Gasteiger partial charge in [0.15, 0.2) is 0 Å². The van der Waals surface area contributed by atoms with Gasteiger partial charge in [-0.2, -0.15) is 0 Å². The summed E-state index contributed by atoms with van der Waals surface area (Å²) in [5, 5.41) is 0.822. The fourth-order valence-electron chi connectivity index (χ4n) is 4.17. The van der Waals surface area contributed by atoms with E-state index in [1.54, 1.807) is 7.11 Å². The molecule has 0 saturated carbocycles. The van der Waals surface area contributed by atoms with Crippen molar-refractivity contribution in [1.82, 2.24) is 9.88 Å². The monoisotopic (exact) mass is 375 g/mol. The Morgan fingerprint density at radius 3 is 2.68 bits per heavy atom. The summed E-state index contributed by atoms with van der Waals surface area (Å²) in [6.45, 7) is 3.83. The van der Waals surface area contributed by atoms with Gasteiger partial charge in [-0.15, -0.1) is 0 Å². The second-order valence-corrected chi connectivity index (χ2v) is 7.42. The largest absolute Gasteiger partial charge is 0.497 e. The van der Waals surface area contributed by atoms with Crippen molar-refractivity contribution in [2.45, 2.75) is 12.8 Å². The van der Waals surface area contributed by atoms with Crippen molar-refractivity contribution in [2.24, 2.45) is 11.7 Å². The van der Waals surface area contributed by atoms with E-state index in [4.69, 9.17) is 10.5 Å². The van der Waals surface area contributed by atoms with Gasteiger partial charge in [-0.3, -0.25) is 9.78 Å². The Morgan fingerprint density at radius 2 is 1.96 bits per heavy atom. The van der Waals surface area contributed by atoms with E-state index >= 15 is 0 Å². The third kappa shape index (κ3) is 3.34. The maximum absolute atomic E-state index is 13.5. The number of aryl methyl sites for hydroxylation is 1. The first-order valence-electron chi connectivity index (χ1n) is 9.60. The van der Waals surface area contributed by atoms with Crippen LogP contribution in [0.3, 0.4) is 0 Å². The average Bonchev–Trinajstić information content (AvgIpc) is 3.17. The molecule has 28 heavy (non-hydrogen) atoms. The van der Waals surface area contributed by atoms with E-state index in [9.17, 15) is 4.79 Å². The molecule has 144 valence electrons. The van der Waals surface area contributed by atoms with Gasteiger partial charge in [-0.25, -0.2) is 0 Å². The van der Waals surface area contributed by atoms with Gasteiger partial charge >= 0.3 is 0 Å². The summed E-state index contributed by atoms with van der Waals surface area (Å²) in [5.74, 6) is 1.27. The van der Waals surface area contributed by atoms with Crippen molar-refractivity contribution in [3.63, 3.8) is 0 Å². The Kier molecular flexibility index (Phi) is 5.01. The predicted octanol–water partition coefficient (Wildman–Crippen LogP) is 3.37. The fraction of sp³-hybridized carbons (Fsp3) is 0.304. The van der Waals surface area contributed by atoms with Gasteiger partial charge in [0, 0.05) is 30.1 Å². The van der Waals surface area contributed by atoms with Gasteiger partial charge in [-0.05, 0) is 49.2 Å². The van der Waals surface area contributed by atoms with E-state index in [0.717, 1.165) is 22.3 Å². The molecule has 5 nitrogen and oxygen atoms in total. The highest BCUT2D eigenvalue weighted by molar-refractivity contribution is 6.06. The van der Waals surface area contributed by atoms with Crippen molar-refractivity contribution in [3.8, 4) is 5.75 Å². The molecule has 1 aliphatic rings. The number of pyridine rings is 1. The quantitative estimate of drug-likeness (QED) is 0.759. The summed E-state index contributed by atoms with van der Waals surface area (Å²) in [7, 11) is 1.63. The number of amides is 1. The minimum Gasteiger partial charge on any atom is -0.497 e. The molecule has 1 fully saturated rings. The SMILES string of the molecule is COc1ccc2nc(C)cc(C(=O)N3C[C@@H](CN)[C@H](c4ccccc4)C3)c2c1. The van der Waals surface area contributed by atoms with Crippen molar-refractivity contribution in [2.75, 3.05) is 26.7 Å². The van der Waals surface area contributed by atoms with E-state index in [2.05, 4.69) is 17.1 Å². The third-order valence-corrected chi connectivity index (χ3v) is 5.63. The van der Waals surface area contributed by atoms with Gasteiger partial charge < -0.3 is 15.4 Å². The number of nitrogens with two attached hydrogens (primary N) is 1. The number of likely N-dealkylation sites (tertiary alicyclic amines) is 1. The fourth-order valence-corrected chi connectivity index (χ4v) is 4.17. The number of benzene rings is 2. The lowest BCUT2D eigenvalue weighted by atomic mass is 9.89. The highest BCUT2D eigenvalue weighted by Gasteiger charge is 2.36. The van der Waals surface area contributed by atoms with Crippen molar-refractivity contribution >= 4 is 16.8 Å². The first kappa shape index (κ1) is 18.4. The number of carbonyl (C=O) groups excluding carboxylic acids is 1. The normalized spacial score (nSPS) is 19.2. The van der Waals surface area contributed by atoms with E-state index in [1.165, 1.54) is 5.56 Å². The van der Waals surface area contributed by atoms with Crippen LogP contribution in [-0.4, -0.2) is 42.5 Å². The molecule has 2 aromatic carbocycles. The van der Waals surface area contributed by atoms with Crippen LogP contribution in [0.15, 0.2) is 54.6 Å². The van der Waals surface area contributed by atoms with Crippen LogP contribution in [0.2, 0.25) is 0 Å². The topological polar surface area (TPSA) is 68.5 Å². The molecule has 2 atom stereocenters. The molecular weight excluding hydrogens is 350 g/mol. The molecule has 1 aliphatic heterocycles. The highest BCUT2D eigenvalue weighted by atomic mass is 16.5. The zero-order valence-corrected chi connectivity index (χ0v) is 16.3. The Hall–Kier alpha value is -2.92. The minimum absolute atomic E-state index is 0.0284. The Morgan fingerprint density at radius 1 is 1.18 bits per heavy atom. The first-order chi connectivity index (χ1) is 13.6. The molecule has 1 saturated heterocycles. The van der Waals surface area contributed by atoms with Crippen molar-refractivity contribution in [1.29, 1.82) is 0 Å². The van der Waals surface area contributed by atoms with Crippen LogP contribution >= 0.6 is 0 Å². The van der Waals surface area contributed by atoms with Crippen LogP contribution in [0.5, 0.6) is 5.75 Å². The summed E-state index contributed by atoms with van der Waals surface area (Å²) in [4.78, 5) is 20.0. The molecule has 3 aromatic rings. The standard InChI is InChI=1S/C23H25N3O2/c1-15-10-20(19-11-18(28-2)8-9-22(19)25-15)23(27)26-13-17(12-24)21(14-26)16-6-4-3-5-7-16/h3-11,17,21H,12-14,24H2,1-2H3/t17-,21+/m1/s1. The van der Waals surface area contributed by atoms with Crippen LogP contribution < -0.4 is 10.5 Å². The molecule has 0 unspecified atom stereocenters. The molecule has 4 rings (SSSR count). The number of methoxy groups -OCH3 is 1. The number of fused-ring (bicyclic) bond motifs is 1. The molecule has 1 amide bonds. The van der Waals surface area contributed by atoms with Gasteiger partial charge in [0.25, 0.3) is 5.91 Å². The number of hydrogen-bond donors (Lipinski definition) is 1. The van der Waals surface area contributed by atoms with Gasteiger partial charge in [0.1, 0.15) is 5.75 Å². The van der Waals surface area contributed by atoms with Crippen molar-refractivity contribution < 1.29 is 9.53 Å². The second-order valence-electron chi connectivity index (χ2n) is 7.42. The third-order valence-electron chi connectivity index (χ3n) is 5.63. The molecule has 0 aliphatic carbocycles. The second kappa shape index (κ2) is 7.60. The van der Waals surface area contributed by atoms with Crippen LogP contribution in [-0.2, 0) is 0 Å². The summed E-state index contributed by atoms with van der Waals surface area (Å²) in [6, 6.07) is 17.9. The number of ether oxygens (including phenoxy) is 1. The van der Waals surface area contributed by atoms with E-state index < -0.39 is 0 Å². The van der Waals surface area contributed by atoms with Crippen LogP contribution in [0, 0.1) is 12.8 Å². The molecule has 2 heterocycles. The highest BCUT2D eigenvalue weighted by Crippen LogP contribution is 2.34. The number of nitrogens with zero attached hydrogens (tertiary/aromatic N) is 2. The molecule has 5 heteroatoms. The summed E-state index contributed by atoms with van der Waals surface area (Å²) < 4.78 is 5.35. The van der Waals surface area contributed by atoms with Crippen LogP contribution in [0.4, 0.5) is 0 Å². The summed E-state index contributed by atoms with van der Waals surface area (Å²) in [6.07, 6.45) is 0. The Labute approximate surface area is 165 Å². The Balaban J connectivity index is 1.70. The number of hydrogen-bond acceptors (Lipinski definition) is 4. The first-order valence-corrected chi connectivity index (χ1v) is 9.60. The lowest BCUT2D eigenvalue weighted by Crippen LogP contribution is -2.30. The van der Waals surface area contributed by atoms with Crippen LogP contribution in [0.1, 0.15) is 27.5 Å². The zero-order chi connectivity index (χ0) is 19.7. The average molecular weight is 375 g/mol. The van der Waals surface area contributed by atoms with Gasteiger partial charge in [-0.1, -0.05) is 30.3 Å².